The molecule has 2 aliphatic rings. The number of rotatable bonds is 3. The van der Waals surface area contributed by atoms with Gasteiger partial charge in [0.25, 0.3) is 5.91 Å². The number of anilines is 1. The fraction of sp³-hybridized carbons (Fsp3) is 0.667. The molecular weight excluding hydrogens is 318 g/mol. The molecule has 3 rings (SSSR count). The number of nitrogens with zero attached hydrogens (tertiary/aromatic N) is 5. The Hall–Kier alpha value is -2.18. The third kappa shape index (κ3) is 3.91. The van der Waals surface area contributed by atoms with Crippen LogP contribution < -0.4 is 4.90 Å². The highest BCUT2D eigenvalue weighted by atomic mass is 16.2. The summed E-state index contributed by atoms with van der Waals surface area (Å²) in [6.07, 6.45) is 7.59. The van der Waals surface area contributed by atoms with Crippen LogP contribution in [0.3, 0.4) is 0 Å². The topological polar surface area (TPSA) is 69.6 Å². The van der Waals surface area contributed by atoms with Gasteiger partial charge in [-0.1, -0.05) is 6.92 Å². The molecule has 1 atom stereocenters. The number of piperazine rings is 1. The van der Waals surface area contributed by atoms with Crippen LogP contribution in [0.25, 0.3) is 0 Å². The van der Waals surface area contributed by atoms with Gasteiger partial charge in [-0.05, 0) is 25.7 Å². The minimum absolute atomic E-state index is 0.00741. The first-order valence-corrected chi connectivity index (χ1v) is 9.23. The lowest BCUT2D eigenvalue weighted by atomic mass is 10.00. The molecule has 0 bridgehead atoms. The summed E-state index contributed by atoms with van der Waals surface area (Å²) in [5.41, 5.74) is 0.423. The summed E-state index contributed by atoms with van der Waals surface area (Å²) in [6, 6.07) is 0.322. The minimum Gasteiger partial charge on any atom is -0.352 e. The Kier molecular flexibility index (Phi) is 5.50. The molecule has 7 heteroatoms. The summed E-state index contributed by atoms with van der Waals surface area (Å²) in [4.78, 5) is 38.9. The van der Waals surface area contributed by atoms with Crippen molar-refractivity contribution in [1.29, 1.82) is 0 Å². The standard InChI is InChI=1S/C18H27N5O2/c1-3-15-6-4-5-7-23(15)18(25)16-12-20-17(13-19-16)22-10-8-21(9-11-22)14(2)24/h12-13,15H,3-11H2,1-2H3. The Morgan fingerprint density at radius 2 is 1.84 bits per heavy atom. The van der Waals surface area contributed by atoms with Gasteiger partial charge in [-0.2, -0.15) is 0 Å². The Morgan fingerprint density at radius 1 is 1.08 bits per heavy atom. The van der Waals surface area contributed by atoms with Gasteiger partial charge >= 0.3 is 0 Å². The molecule has 1 unspecified atom stereocenters. The van der Waals surface area contributed by atoms with Crippen molar-refractivity contribution in [2.75, 3.05) is 37.6 Å². The molecule has 0 saturated carbocycles. The van der Waals surface area contributed by atoms with Crippen molar-refractivity contribution in [1.82, 2.24) is 19.8 Å². The van der Waals surface area contributed by atoms with Gasteiger partial charge in [-0.15, -0.1) is 0 Å². The molecule has 2 amide bonds. The zero-order valence-electron chi connectivity index (χ0n) is 15.1. The number of carbonyl (C=O) groups is 2. The highest BCUT2D eigenvalue weighted by Gasteiger charge is 2.27. The van der Waals surface area contributed by atoms with Gasteiger partial charge in [0.15, 0.2) is 0 Å². The fourth-order valence-corrected chi connectivity index (χ4v) is 3.68. The van der Waals surface area contributed by atoms with Crippen molar-refractivity contribution >= 4 is 17.6 Å². The first-order chi connectivity index (χ1) is 12.1. The van der Waals surface area contributed by atoms with Crippen LogP contribution in [0.2, 0.25) is 0 Å². The molecule has 0 radical (unpaired) electrons. The maximum atomic E-state index is 12.7. The van der Waals surface area contributed by atoms with Gasteiger partial charge in [0, 0.05) is 45.7 Å². The largest absolute Gasteiger partial charge is 0.352 e. The Morgan fingerprint density at radius 3 is 2.44 bits per heavy atom. The van der Waals surface area contributed by atoms with E-state index in [0.717, 1.165) is 44.7 Å². The molecule has 0 aliphatic carbocycles. The first-order valence-electron chi connectivity index (χ1n) is 9.23. The smallest absolute Gasteiger partial charge is 0.274 e. The molecule has 1 aromatic rings. The van der Waals surface area contributed by atoms with Crippen molar-refractivity contribution in [3.05, 3.63) is 18.1 Å². The van der Waals surface area contributed by atoms with E-state index in [1.165, 1.54) is 6.42 Å². The summed E-state index contributed by atoms with van der Waals surface area (Å²) >= 11 is 0. The zero-order valence-corrected chi connectivity index (χ0v) is 15.1. The number of hydrogen-bond acceptors (Lipinski definition) is 5. The van der Waals surface area contributed by atoms with E-state index in [-0.39, 0.29) is 11.8 Å². The van der Waals surface area contributed by atoms with Crippen molar-refractivity contribution < 1.29 is 9.59 Å². The highest BCUT2D eigenvalue weighted by Crippen LogP contribution is 2.21. The van der Waals surface area contributed by atoms with Crippen LogP contribution in [-0.4, -0.2) is 70.3 Å². The molecular formula is C18H27N5O2. The second-order valence-corrected chi connectivity index (χ2v) is 6.81. The van der Waals surface area contributed by atoms with E-state index in [0.29, 0.717) is 24.8 Å². The zero-order chi connectivity index (χ0) is 17.8. The van der Waals surface area contributed by atoms with Crippen LogP contribution in [0.1, 0.15) is 50.0 Å². The second-order valence-electron chi connectivity index (χ2n) is 6.81. The summed E-state index contributed by atoms with van der Waals surface area (Å²) in [5, 5.41) is 0. The molecule has 2 saturated heterocycles. The Balaban J connectivity index is 1.64. The maximum absolute atomic E-state index is 12.7. The number of carbonyl (C=O) groups excluding carboxylic acids is 2. The van der Waals surface area contributed by atoms with E-state index >= 15 is 0 Å². The maximum Gasteiger partial charge on any atom is 0.274 e. The quantitative estimate of drug-likeness (QED) is 0.831. The van der Waals surface area contributed by atoms with Crippen LogP contribution in [0.4, 0.5) is 5.82 Å². The van der Waals surface area contributed by atoms with Gasteiger partial charge < -0.3 is 14.7 Å². The van der Waals surface area contributed by atoms with Crippen LogP contribution in [0, 0.1) is 0 Å². The summed E-state index contributed by atoms with van der Waals surface area (Å²) < 4.78 is 0. The monoisotopic (exact) mass is 345 g/mol. The lowest BCUT2D eigenvalue weighted by molar-refractivity contribution is -0.129. The normalized spacial score (nSPS) is 21.4. The molecule has 136 valence electrons. The summed E-state index contributed by atoms with van der Waals surface area (Å²) in [5.74, 6) is 0.871. The molecule has 0 aromatic carbocycles. The molecule has 3 heterocycles. The predicted molar refractivity (Wildman–Crippen MR) is 95.5 cm³/mol. The number of likely N-dealkylation sites (tertiary alicyclic amines) is 1. The van der Waals surface area contributed by atoms with E-state index in [1.54, 1.807) is 19.3 Å². The van der Waals surface area contributed by atoms with Gasteiger partial charge in [0.1, 0.15) is 11.5 Å². The molecule has 0 N–H and O–H groups in total. The molecule has 7 nitrogen and oxygen atoms in total. The SMILES string of the molecule is CCC1CCCCN1C(=O)c1cnc(N2CCN(C(C)=O)CC2)cn1. The Labute approximate surface area is 149 Å². The van der Waals surface area contributed by atoms with E-state index in [1.807, 2.05) is 9.80 Å². The molecule has 2 aliphatic heterocycles. The van der Waals surface area contributed by atoms with Crippen LogP contribution in [0.5, 0.6) is 0 Å². The molecule has 2 fully saturated rings. The van der Waals surface area contributed by atoms with Crippen LogP contribution in [0.15, 0.2) is 12.4 Å². The summed E-state index contributed by atoms with van der Waals surface area (Å²) in [7, 11) is 0. The van der Waals surface area contributed by atoms with Gasteiger partial charge in [0.05, 0.1) is 12.4 Å². The number of amides is 2. The van der Waals surface area contributed by atoms with E-state index < -0.39 is 0 Å². The van der Waals surface area contributed by atoms with E-state index in [9.17, 15) is 9.59 Å². The average Bonchev–Trinajstić information content (AvgIpc) is 2.67. The second kappa shape index (κ2) is 7.80. The van der Waals surface area contributed by atoms with Crippen molar-refractivity contribution in [2.24, 2.45) is 0 Å². The molecule has 25 heavy (non-hydrogen) atoms. The van der Waals surface area contributed by atoms with Gasteiger partial charge in [0.2, 0.25) is 5.91 Å². The fourth-order valence-electron chi connectivity index (χ4n) is 3.68. The third-order valence-corrected chi connectivity index (χ3v) is 5.27. The number of aromatic nitrogens is 2. The lowest BCUT2D eigenvalue weighted by Crippen LogP contribution is -2.48. The van der Waals surface area contributed by atoms with Crippen LogP contribution in [-0.2, 0) is 4.79 Å². The molecule has 1 aromatic heterocycles. The van der Waals surface area contributed by atoms with Crippen LogP contribution >= 0.6 is 0 Å². The average molecular weight is 345 g/mol. The number of piperidine rings is 1. The third-order valence-electron chi connectivity index (χ3n) is 5.27. The Bertz CT molecular complexity index is 610. The van der Waals surface area contributed by atoms with Crippen molar-refractivity contribution in [3.8, 4) is 0 Å². The number of hydrogen-bond donors (Lipinski definition) is 0. The minimum atomic E-state index is -0.00741. The van der Waals surface area contributed by atoms with E-state index in [2.05, 4.69) is 21.8 Å². The highest BCUT2D eigenvalue weighted by molar-refractivity contribution is 5.92. The van der Waals surface area contributed by atoms with Crippen molar-refractivity contribution in [3.63, 3.8) is 0 Å². The first kappa shape index (κ1) is 17.6. The predicted octanol–water partition coefficient (Wildman–Crippen LogP) is 1.55. The van der Waals surface area contributed by atoms with Crippen molar-refractivity contribution in [2.45, 2.75) is 45.6 Å². The van der Waals surface area contributed by atoms with Gasteiger partial charge in [-0.25, -0.2) is 9.97 Å². The summed E-state index contributed by atoms with van der Waals surface area (Å²) in [6.45, 7) is 7.42. The molecule has 0 spiro atoms. The lowest BCUT2D eigenvalue weighted by Gasteiger charge is -2.35. The van der Waals surface area contributed by atoms with E-state index in [4.69, 9.17) is 0 Å². The van der Waals surface area contributed by atoms with Gasteiger partial charge in [-0.3, -0.25) is 9.59 Å².